The number of aromatic nitrogens is 1. The number of piperidine rings is 1. The highest BCUT2D eigenvalue weighted by atomic mass is 32.1. The van der Waals surface area contributed by atoms with Gasteiger partial charge in [-0.25, -0.2) is 4.98 Å². The Labute approximate surface area is 158 Å². The Hall–Kier alpha value is -2.21. The Kier molecular flexibility index (Phi) is 5.14. The summed E-state index contributed by atoms with van der Waals surface area (Å²) in [7, 11) is 0. The van der Waals surface area contributed by atoms with Crippen molar-refractivity contribution in [2.24, 2.45) is 11.7 Å². The summed E-state index contributed by atoms with van der Waals surface area (Å²) in [5.74, 6) is -0.636. The largest absolute Gasteiger partial charge is 0.369 e. The molecule has 3 rings (SSSR count). The number of amides is 2. The van der Waals surface area contributed by atoms with E-state index in [1.165, 1.54) is 16.9 Å². The maximum atomic E-state index is 13.1. The van der Waals surface area contributed by atoms with Crippen molar-refractivity contribution in [3.63, 3.8) is 0 Å². The van der Waals surface area contributed by atoms with Crippen molar-refractivity contribution in [1.82, 2.24) is 9.88 Å². The summed E-state index contributed by atoms with van der Waals surface area (Å²) in [5, 5.41) is 0.861. The SMILES string of the molecule is Cc1ccc(-c2nc(C)c(C(=O)N3CC(C(N)=O)CCC3C)s2)c(C)c1. The van der Waals surface area contributed by atoms with Crippen LogP contribution < -0.4 is 5.73 Å². The minimum atomic E-state index is -0.327. The van der Waals surface area contributed by atoms with Gasteiger partial charge in [-0.15, -0.1) is 11.3 Å². The van der Waals surface area contributed by atoms with E-state index in [0.29, 0.717) is 11.4 Å². The van der Waals surface area contributed by atoms with E-state index < -0.39 is 0 Å². The number of nitrogens with zero attached hydrogens (tertiary/aromatic N) is 2. The number of hydrogen-bond acceptors (Lipinski definition) is 4. The first-order valence-electron chi connectivity index (χ1n) is 8.93. The van der Waals surface area contributed by atoms with E-state index in [4.69, 9.17) is 5.73 Å². The van der Waals surface area contributed by atoms with Crippen LogP contribution in [0.2, 0.25) is 0 Å². The minimum Gasteiger partial charge on any atom is -0.369 e. The van der Waals surface area contributed by atoms with Crippen LogP contribution >= 0.6 is 11.3 Å². The lowest BCUT2D eigenvalue weighted by Gasteiger charge is -2.36. The highest BCUT2D eigenvalue weighted by Crippen LogP contribution is 2.33. The molecule has 6 heteroatoms. The summed E-state index contributed by atoms with van der Waals surface area (Å²) in [5.41, 5.74) is 9.62. The van der Waals surface area contributed by atoms with Gasteiger partial charge in [0.15, 0.2) is 0 Å². The number of carbonyl (C=O) groups is 2. The fraction of sp³-hybridized carbons (Fsp3) is 0.450. The standard InChI is InChI=1S/C20H25N3O2S/c1-11-5-8-16(12(2)9-11)19-22-14(4)17(26-19)20(25)23-10-15(18(21)24)7-6-13(23)3/h5,8-9,13,15H,6-7,10H2,1-4H3,(H2,21,24). The van der Waals surface area contributed by atoms with Crippen molar-refractivity contribution in [2.45, 2.75) is 46.6 Å². The molecular formula is C20H25N3O2S. The summed E-state index contributed by atoms with van der Waals surface area (Å²) in [6, 6.07) is 6.34. The molecule has 1 aromatic heterocycles. The van der Waals surface area contributed by atoms with Crippen LogP contribution in [0.5, 0.6) is 0 Å². The highest BCUT2D eigenvalue weighted by Gasteiger charge is 2.33. The number of benzene rings is 1. The Morgan fingerprint density at radius 3 is 2.62 bits per heavy atom. The number of primary amides is 1. The zero-order valence-corrected chi connectivity index (χ0v) is 16.5. The molecule has 2 heterocycles. The third-order valence-electron chi connectivity index (χ3n) is 5.15. The predicted octanol–water partition coefficient (Wildman–Crippen LogP) is 3.46. The first-order chi connectivity index (χ1) is 12.3. The number of rotatable bonds is 3. The van der Waals surface area contributed by atoms with E-state index in [1.807, 2.05) is 13.8 Å². The first-order valence-corrected chi connectivity index (χ1v) is 9.75. The molecule has 0 bridgehead atoms. The van der Waals surface area contributed by atoms with E-state index in [0.717, 1.165) is 34.7 Å². The highest BCUT2D eigenvalue weighted by molar-refractivity contribution is 7.17. The molecule has 2 unspecified atom stereocenters. The monoisotopic (exact) mass is 371 g/mol. The topological polar surface area (TPSA) is 76.3 Å². The Morgan fingerprint density at radius 2 is 1.96 bits per heavy atom. The molecular weight excluding hydrogens is 346 g/mol. The van der Waals surface area contributed by atoms with Gasteiger partial charge in [0.2, 0.25) is 5.91 Å². The van der Waals surface area contributed by atoms with Crippen LogP contribution in [0.1, 0.15) is 46.3 Å². The predicted molar refractivity (Wildman–Crippen MR) is 104 cm³/mol. The van der Waals surface area contributed by atoms with E-state index >= 15 is 0 Å². The molecule has 26 heavy (non-hydrogen) atoms. The van der Waals surface area contributed by atoms with Crippen LogP contribution in [0.25, 0.3) is 10.6 Å². The van der Waals surface area contributed by atoms with Gasteiger partial charge in [0, 0.05) is 18.2 Å². The van der Waals surface area contributed by atoms with Crippen molar-refractivity contribution < 1.29 is 9.59 Å². The molecule has 0 spiro atoms. The van der Waals surface area contributed by atoms with Gasteiger partial charge < -0.3 is 10.6 Å². The molecule has 2 N–H and O–H groups in total. The van der Waals surface area contributed by atoms with E-state index in [1.54, 1.807) is 4.90 Å². The molecule has 2 atom stereocenters. The van der Waals surface area contributed by atoms with Crippen molar-refractivity contribution in [2.75, 3.05) is 6.54 Å². The van der Waals surface area contributed by atoms with Gasteiger partial charge >= 0.3 is 0 Å². The summed E-state index contributed by atoms with van der Waals surface area (Å²) in [6.45, 7) is 8.41. The average Bonchev–Trinajstić information content (AvgIpc) is 2.96. The second-order valence-electron chi connectivity index (χ2n) is 7.24. The molecule has 0 aliphatic carbocycles. The summed E-state index contributed by atoms with van der Waals surface area (Å²) in [4.78, 5) is 31.8. The van der Waals surface area contributed by atoms with Crippen LogP contribution in [0.4, 0.5) is 0 Å². The third-order valence-corrected chi connectivity index (χ3v) is 6.33. The number of nitrogens with two attached hydrogens (primary N) is 1. The summed E-state index contributed by atoms with van der Waals surface area (Å²) >= 11 is 1.43. The fourth-order valence-electron chi connectivity index (χ4n) is 3.52. The molecule has 138 valence electrons. The van der Waals surface area contributed by atoms with Gasteiger partial charge in [-0.2, -0.15) is 0 Å². The van der Waals surface area contributed by atoms with Crippen molar-refractivity contribution in [3.05, 3.63) is 39.9 Å². The average molecular weight is 372 g/mol. The molecule has 2 aromatic rings. The van der Waals surface area contributed by atoms with Gasteiger partial charge in [0.05, 0.1) is 11.6 Å². The van der Waals surface area contributed by atoms with Gasteiger partial charge in [-0.1, -0.05) is 23.8 Å². The zero-order valence-electron chi connectivity index (χ0n) is 15.7. The van der Waals surface area contributed by atoms with Gasteiger partial charge in [-0.3, -0.25) is 9.59 Å². The van der Waals surface area contributed by atoms with Crippen LogP contribution in [0.15, 0.2) is 18.2 Å². The number of likely N-dealkylation sites (tertiary alicyclic amines) is 1. The Bertz CT molecular complexity index is 859. The molecule has 0 saturated carbocycles. The normalized spacial score (nSPS) is 20.2. The molecule has 5 nitrogen and oxygen atoms in total. The third kappa shape index (κ3) is 3.51. The number of aryl methyl sites for hydroxylation is 3. The van der Waals surface area contributed by atoms with Crippen molar-refractivity contribution in [1.29, 1.82) is 0 Å². The molecule has 1 saturated heterocycles. The van der Waals surface area contributed by atoms with E-state index in [-0.39, 0.29) is 23.8 Å². The van der Waals surface area contributed by atoms with E-state index in [2.05, 4.69) is 37.0 Å². The lowest BCUT2D eigenvalue weighted by atomic mass is 9.93. The van der Waals surface area contributed by atoms with Crippen molar-refractivity contribution in [3.8, 4) is 10.6 Å². The summed E-state index contributed by atoms with van der Waals surface area (Å²) in [6.07, 6.45) is 1.54. The van der Waals surface area contributed by atoms with Gasteiger partial charge in [0.1, 0.15) is 9.88 Å². The molecule has 1 aliphatic heterocycles. The zero-order chi connectivity index (χ0) is 19.0. The molecule has 0 radical (unpaired) electrons. The van der Waals surface area contributed by atoms with Crippen LogP contribution in [0.3, 0.4) is 0 Å². The fourth-order valence-corrected chi connectivity index (χ4v) is 4.63. The van der Waals surface area contributed by atoms with Crippen LogP contribution in [-0.2, 0) is 4.79 Å². The molecule has 1 aromatic carbocycles. The summed E-state index contributed by atoms with van der Waals surface area (Å²) < 4.78 is 0. The number of hydrogen-bond donors (Lipinski definition) is 1. The first kappa shape index (κ1) is 18.6. The second-order valence-corrected chi connectivity index (χ2v) is 8.23. The Morgan fingerprint density at radius 1 is 1.23 bits per heavy atom. The van der Waals surface area contributed by atoms with Crippen LogP contribution in [-0.4, -0.2) is 34.3 Å². The number of thiazole rings is 1. The van der Waals surface area contributed by atoms with E-state index in [9.17, 15) is 9.59 Å². The van der Waals surface area contributed by atoms with Gasteiger partial charge in [-0.05, 0) is 46.1 Å². The van der Waals surface area contributed by atoms with Crippen molar-refractivity contribution >= 4 is 23.2 Å². The molecule has 1 aliphatic rings. The van der Waals surface area contributed by atoms with Crippen LogP contribution in [0, 0.1) is 26.7 Å². The minimum absolute atomic E-state index is 0.0468. The lowest BCUT2D eigenvalue weighted by Crippen LogP contribution is -2.48. The second kappa shape index (κ2) is 7.19. The number of carbonyl (C=O) groups excluding carboxylic acids is 2. The van der Waals surface area contributed by atoms with Gasteiger partial charge in [0.25, 0.3) is 5.91 Å². The Balaban J connectivity index is 1.90. The lowest BCUT2D eigenvalue weighted by molar-refractivity contribution is -0.123. The molecule has 1 fully saturated rings. The maximum Gasteiger partial charge on any atom is 0.266 e. The molecule has 2 amide bonds. The maximum absolute atomic E-state index is 13.1. The quantitative estimate of drug-likeness (QED) is 0.898. The smallest absolute Gasteiger partial charge is 0.266 e.